The molecular formula is C16H17ClFN3O4. The highest BCUT2D eigenvalue weighted by molar-refractivity contribution is 6.30. The maximum atomic E-state index is 14.3. The molecule has 0 aliphatic carbocycles. The summed E-state index contributed by atoms with van der Waals surface area (Å²) in [4.78, 5) is 10.8. The predicted molar refractivity (Wildman–Crippen MR) is 87.9 cm³/mol. The molecule has 1 aromatic carbocycles. The summed E-state index contributed by atoms with van der Waals surface area (Å²) < 4.78 is 26.6. The van der Waals surface area contributed by atoms with E-state index in [1.807, 2.05) is 0 Å². The number of nitrogens with zero attached hydrogens (tertiary/aromatic N) is 2. The van der Waals surface area contributed by atoms with Gasteiger partial charge in [-0.25, -0.2) is 13.9 Å². The van der Waals surface area contributed by atoms with Crippen LogP contribution in [0.25, 0.3) is 5.69 Å². The minimum absolute atomic E-state index is 0.0890. The maximum absolute atomic E-state index is 14.3. The molecule has 1 fully saturated rings. The Kier molecular flexibility index (Phi) is 5.40. The van der Waals surface area contributed by atoms with Crippen molar-refractivity contribution < 1.29 is 23.8 Å². The molecule has 0 spiro atoms. The third-order valence-electron chi connectivity index (χ3n) is 3.99. The van der Waals surface area contributed by atoms with Gasteiger partial charge in [0, 0.05) is 24.8 Å². The van der Waals surface area contributed by atoms with Crippen LogP contribution in [-0.2, 0) is 4.74 Å². The molecule has 0 unspecified atom stereocenters. The minimum Gasteiger partial charge on any atom is -0.490 e. The Morgan fingerprint density at radius 1 is 1.56 bits per heavy atom. The van der Waals surface area contributed by atoms with Crippen molar-refractivity contribution in [2.24, 2.45) is 5.92 Å². The molecule has 2 N–H and O–H groups in total. The van der Waals surface area contributed by atoms with Gasteiger partial charge in [-0.3, -0.25) is 0 Å². The highest BCUT2D eigenvalue weighted by Crippen LogP contribution is 2.23. The average Bonchev–Trinajstić information content (AvgIpc) is 3.01. The fourth-order valence-electron chi connectivity index (χ4n) is 2.69. The van der Waals surface area contributed by atoms with Gasteiger partial charge in [-0.1, -0.05) is 11.6 Å². The van der Waals surface area contributed by atoms with Gasteiger partial charge < -0.3 is 19.9 Å². The van der Waals surface area contributed by atoms with E-state index in [1.165, 1.54) is 23.0 Å². The van der Waals surface area contributed by atoms with Crippen molar-refractivity contribution in [2.75, 3.05) is 19.8 Å². The maximum Gasteiger partial charge on any atom is 0.404 e. The summed E-state index contributed by atoms with van der Waals surface area (Å²) in [6, 6.07) is 4.10. The standard InChI is InChI=1S/C16H17ClFN3O4/c17-11-6-19-21(7-11)12-1-2-15(13(18)5-12)25-8-10-3-4-24-9-14(10)20-16(22)23/h1-2,5-7,10,14,20H,3-4,8-9H2,(H,22,23)/t10-,14+/m1/s1. The second-order valence-corrected chi connectivity index (χ2v) is 6.14. The van der Waals surface area contributed by atoms with E-state index < -0.39 is 11.9 Å². The van der Waals surface area contributed by atoms with E-state index in [0.29, 0.717) is 23.7 Å². The van der Waals surface area contributed by atoms with Crippen LogP contribution >= 0.6 is 11.6 Å². The van der Waals surface area contributed by atoms with E-state index in [4.69, 9.17) is 26.2 Å². The zero-order valence-electron chi connectivity index (χ0n) is 13.2. The van der Waals surface area contributed by atoms with Crippen molar-refractivity contribution in [3.8, 4) is 11.4 Å². The molecule has 2 aromatic rings. The summed E-state index contributed by atoms with van der Waals surface area (Å²) in [7, 11) is 0. The Bertz CT molecular complexity index is 755. The summed E-state index contributed by atoms with van der Waals surface area (Å²) in [6.07, 6.45) is 2.55. The molecule has 1 aliphatic rings. The van der Waals surface area contributed by atoms with Gasteiger partial charge in [-0.05, 0) is 18.6 Å². The lowest BCUT2D eigenvalue weighted by molar-refractivity contribution is 0.0205. The first-order valence-electron chi connectivity index (χ1n) is 7.73. The number of benzene rings is 1. The topological polar surface area (TPSA) is 85.6 Å². The summed E-state index contributed by atoms with van der Waals surface area (Å²) in [6.45, 7) is 0.993. The Balaban J connectivity index is 1.65. The molecule has 3 rings (SSSR count). The molecular weight excluding hydrogens is 353 g/mol. The number of amides is 1. The number of rotatable bonds is 5. The molecule has 2 atom stereocenters. The van der Waals surface area contributed by atoms with Gasteiger partial charge in [-0.2, -0.15) is 5.10 Å². The number of carboxylic acid groups (broad SMARTS) is 1. The zero-order valence-corrected chi connectivity index (χ0v) is 13.9. The lowest BCUT2D eigenvalue weighted by Gasteiger charge is -2.31. The molecule has 0 radical (unpaired) electrons. The van der Waals surface area contributed by atoms with E-state index >= 15 is 0 Å². The van der Waals surface area contributed by atoms with Gasteiger partial charge in [0.25, 0.3) is 0 Å². The smallest absolute Gasteiger partial charge is 0.404 e. The number of aromatic nitrogens is 2. The fraction of sp³-hybridized carbons (Fsp3) is 0.375. The normalized spacial score (nSPS) is 20.2. The van der Waals surface area contributed by atoms with Gasteiger partial charge in [0.1, 0.15) is 0 Å². The number of carbonyl (C=O) groups is 1. The van der Waals surface area contributed by atoms with Crippen LogP contribution in [0.15, 0.2) is 30.6 Å². The monoisotopic (exact) mass is 369 g/mol. The summed E-state index contributed by atoms with van der Waals surface area (Å²) in [5.74, 6) is -0.518. The summed E-state index contributed by atoms with van der Waals surface area (Å²) >= 11 is 5.81. The molecule has 9 heteroatoms. The predicted octanol–water partition coefficient (Wildman–Crippen LogP) is 2.72. The second kappa shape index (κ2) is 7.71. The number of nitrogens with one attached hydrogen (secondary N) is 1. The van der Waals surface area contributed by atoms with E-state index in [9.17, 15) is 9.18 Å². The highest BCUT2D eigenvalue weighted by Gasteiger charge is 2.28. The Labute approximate surface area is 148 Å². The molecule has 2 heterocycles. The minimum atomic E-state index is -1.12. The summed E-state index contributed by atoms with van der Waals surface area (Å²) in [5.41, 5.74) is 0.522. The van der Waals surface area contributed by atoms with E-state index in [1.54, 1.807) is 12.3 Å². The largest absolute Gasteiger partial charge is 0.490 e. The van der Waals surface area contributed by atoms with Gasteiger partial charge in [0.05, 0.1) is 36.2 Å². The van der Waals surface area contributed by atoms with Crippen molar-refractivity contribution in [1.29, 1.82) is 0 Å². The van der Waals surface area contributed by atoms with Crippen LogP contribution < -0.4 is 10.1 Å². The Morgan fingerprint density at radius 2 is 2.40 bits per heavy atom. The quantitative estimate of drug-likeness (QED) is 0.846. The molecule has 1 aliphatic heterocycles. The van der Waals surface area contributed by atoms with E-state index in [-0.39, 0.29) is 30.9 Å². The Morgan fingerprint density at radius 3 is 3.08 bits per heavy atom. The number of hydrogen-bond acceptors (Lipinski definition) is 4. The first-order chi connectivity index (χ1) is 12.0. The van der Waals surface area contributed by atoms with E-state index in [0.717, 1.165) is 0 Å². The first kappa shape index (κ1) is 17.5. The average molecular weight is 370 g/mol. The molecule has 7 nitrogen and oxygen atoms in total. The number of hydrogen-bond donors (Lipinski definition) is 2. The van der Waals surface area contributed by atoms with Gasteiger partial charge in [-0.15, -0.1) is 0 Å². The van der Waals surface area contributed by atoms with Crippen molar-refractivity contribution in [1.82, 2.24) is 15.1 Å². The van der Waals surface area contributed by atoms with Crippen LogP contribution in [0.5, 0.6) is 5.75 Å². The van der Waals surface area contributed by atoms with E-state index in [2.05, 4.69) is 10.4 Å². The van der Waals surface area contributed by atoms with Gasteiger partial charge >= 0.3 is 6.09 Å². The third kappa shape index (κ3) is 4.40. The molecule has 0 bridgehead atoms. The molecule has 134 valence electrons. The van der Waals surface area contributed by atoms with Crippen molar-refractivity contribution >= 4 is 17.7 Å². The lowest BCUT2D eigenvalue weighted by Crippen LogP contribution is -2.48. The van der Waals surface area contributed by atoms with Crippen LogP contribution in [0, 0.1) is 11.7 Å². The van der Waals surface area contributed by atoms with Gasteiger partial charge in [0.2, 0.25) is 0 Å². The van der Waals surface area contributed by atoms with Crippen LogP contribution in [0.1, 0.15) is 6.42 Å². The fourth-order valence-corrected chi connectivity index (χ4v) is 2.82. The Hall–Kier alpha value is -2.32. The number of ether oxygens (including phenoxy) is 2. The zero-order chi connectivity index (χ0) is 17.8. The van der Waals surface area contributed by atoms with Crippen molar-refractivity contribution in [2.45, 2.75) is 12.5 Å². The first-order valence-corrected chi connectivity index (χ1v) is 8.11. The second-order valence-electron chi connectivity index (χ2n) is 5.71. The summed E-state index contributed by atoms with van der Waals surface area (Å²) in [5, 5.41) is 15.7. The lowest BCUT2D eigenvalue weighted by atomic mass is 9.96. The molecule has 25 heavy (non-hydrogen) atoms. The highest BCUT2D eigenvalue weighted by atomic mass is 35.5. The number of halogens is 2. The van der Waals surface area contributed by atoms with Crippen LogP contribution in [0.3, 0.4) is 0 Å². The van der Waals surface area contributed by atoms with Gasteiger partial charge in [0.15, 0.2) is 11.6 Å². The van der Waals surface area contributed by atoms with Crippen LogP contribution in [0.4, 0.5) is 9.18 Å². The van der Waals surface area contributed by atoms with Crippen LogP contribution in [0.2, 0.25) is 5.02 Å². The SMILES string of the molecule is O=C(O)N[C@H]1COCC[C@@H]1COc1ccc(-n2cc(Cl)cn2)cc1F. The molecule has 1 amide bonds. The van der Waals surface area contributed by atoms with Crippen LogP contribution in [-0.4, -0.2) is 46.8 Å². The molecule has 1 saturated heterocycles. The molecule has 1 aromatic heterocycles. The molecule has 0 saturated carbocycles. The third-order valence-corrected chi connectivity index (χ3v) is 4.19. The van der Waals surface area contributed by atoms with Crippen molar-refractivity contribution in [3.05, 3.63) is 41.4 Å². The van der Waals surface area contributed by atoms with Crippen molar-refractivity contribution in [3.63, 3.8) is 0 Å².